The first kappa shape index (κ1) is 20.9. The molecular formula is C25H23N3O3Se. The van der Waals surface area contributed by atoms with Crippen molar-refractivity contribution in [2.24, 2.45) is 5.92 Å². The fourth-order valence-electron chi connectivity index (χ4n) is 4.26. The van der Waals surface area contributed by atoms with Gasteiger partial charge in [-0.1, -0.05) is 0 Å². The molecule has 7 heteroatoms. The van der Waals surface area contributed by atoms with Gasteiger partial charge in [-0.25, -0.2) is 0 Å². The van der Waals surface area contributed by atoms with Gasteiger partial charge in [0.1, 0.15) is 0 Å². The number of benzene rings is 2. The number of hydrogen-bond acceptors (Lipinski definition) is 5. The summed E-state index contributed by atoms with van der Waals surface area (Å²) >= 11 is 0.273. The molecule has 5 rings (SSSR count). The van der Waals surface area contributed by atoms with Crippen molar-refractivity contribution in [2.45, 2.75) is 38.2 Å². The quantitative estimate of drug-likeness (QED) is 0.405. The number of carbonyl (C=O) groups is 2. The third kappa shape index (κ3) is 3.61. The minimum absolute atomic E-state index is 0.273. The number of rotatable bonds is 5. The molecule has 0 bridgehead atoms. The van der Waals surface area contributed by atoms with Crippen molar-refractivity contribution in [1.82, 2.24) is 15.0 Å². The van der Waals surface area contributed by atoms with E-state index in [4.69, 9.17) is 4.74 Å². The topological polar surface area (TPSA) is 74.1 Å². The number of ether oxygens (including phenoxy) is 1. The molecule has 162 valence electrons. The summed E-state index contributed by atoms with van der Waals surface area (Å²) in [5.74, 6) is -0.703. The van der Waals surface area contributed by atoms with E-state index in [1.54, 1.807) is 16.8 Å². The van der Waals surface area contributed by atoms with Crippen LogP contribution in [0.5, 0.6) is 0 Å². The summed E-state index contributed by atoms with van der Waals surface area (Å²) in [5, 5.41) is 9.48. The molecule has 1 aliphatic heterocycles. The van der Waals surface area contributed by atoms with Crippen molar-refractivity contribution < 1.29 is 14.3 Å². The Morgan fingerprint density at radius 2 is 1.75 bits per heavy atom. The average Bonchev–Trinajstić information content (AvgIpc) is 3.34. The first-order chi connectivity index (χ1) is 15.3. The monoisotopic (exact) mass is 493 g/mol. The number of aromatic nitrogens is 3. The molecular weight excluding hydrogens is 469 g/mol. The molecule has 0 radical (unpaired) electrons. The van der Waals surface area contributed by atoms with Crippen LogP contribution < -0.4 is 4.46 Å². The number of nitrogens with zero attached hydrogens (tertiary/aromatic N) is 3. The van der Waals surface area contributed by atoms with Crippen LogP contribution in [0.15, 0.2) is 60.3 Å². The van der Waals surface area contributed by atoms with Crippen LogP contribution in [0.1, 0.15) is 41.0 Å². The zero-order valence-corrected chi connectivity index (χ0v) is 19.9. The third-order valence-corrected chi connectivity index (χ3v) is 8.22. The van der Waals surface area contributed by atoms with Gasteiger partial charge < -0.3 is 0 Å². The molecule has 3 aromatic rings. The Balaban J connectivity index is 1.38. The van der Waals surface area contributed by atoms with E-state index in [0.717, 1.165) is 11.0 Å². The summed E-state index contributed by atoms with van der Waals surface area (Å²) in [7, 11) is 0. The molecule has 2 aromatic carbocycles. The predicted octanol–water partition coefficient (Wildman–Crippen LogP) is 2.72. The number of carbonyl (C=O) groups excluding carboxylic acids is 2. The molecule has 2 heterocycles. The van der Waals surface area contributed by atoms with Crippen LogP contribution in [-0.4, -0.2) is 47.1 Å². The van der Waals surface area contributed by atoms with E-state index in [9.17, 15) is 9.59 Å². The van der Waals surface area contributed by atoms with Crippen molar-refractivity contribution in [2.75, 3.05) is 0 Å². The normalized spacial score (nSPS) is 19.0. The summed E-state index contributed by atoms with van der Waals surface area (Å²) in [6, 6.07) is 15.7. The number of hydrogen-bond donors (Lipinski definition) is 0. The molecule has 1 atom stereocenters. The van der Waals surface area contributed by atoms with Crippen LogP contribution in [-0.2, 0) is 21.4 Å². The molecule has 1 aliphatic carbocycles. The van der Waals surface area contributed by atoms with Crippen LogP contribution >= 0.6 is 0 Å². The van der Waals surface area contributed by atoms with Gasteiger partial charge in [-0.3, -0.25) is 0 Å². The molecule has 0 amide bonds. The van der Waals surface area contributed by atoms with Crippen molar-refractivity contribution in [3.05, 3.63) is 82.7 Å². The van der Waals surface area contributed by atoms with E-state index in [0.29, 0.717) is 29.0 Å². The molecule has 0 fully saturated rings. The van der Waals surface area contributed by atoms with Crippen molar-refractivity contribution in [3.8, 4) is 0 Å². The number of fused-ring (bicyclic) bond motifs is 2. The first-order valence-corrected chi connectivity index (χ1v) is 12.6. The Bertz CT molecular complexity index is 1260. The zero-order valence-electron chi connectivity index (χ0n) is 18.2. The second kappa shape index (κ2) is 7.84. The summed E-state index contributed by atoms with van der Waals surface area (Å²) in [5.41, 5.74) is 3.10. The maximum atomic E-state index is 13.0. The van der Waals surface area contributed by atoms with E-state index < -0.39 is 17.2 Å². The van der Waals surface area contributed by atoms with Gasteiger partial charge in [-0.2, -0.15) is 0 Å². The Morgan fingerprint density at radius 1 is 1.03 bits per heavy atom. The Hall–Kier alpha value is -3.02. The third-order valence-electron chi connectivity index (χ3n) is 6.03. The van der Waals surface area contributed by atoms with Crippen LogP contribution in [0.25, 0.3) is 5.76 Å². The van der Waals surface area contributed by atoms with Crippen molar-refractivity contribution in [3.63, 3.8) is 0 Å². The Morgan fingerprint density at radius 3 is 2.50 bits per heavy atom. The van der Waals surface area contributed by atoms with Gasteiger partial charge in [-0.05, 0) is 0 Å². The summed E-state index contributed by atoms with van der Waals surface area (Å²) in [6.07, 6.45) is 1.94. The summed E-state index contributed by atoms with van der Waals surface area (Å²) in [6.45, 7) is 6.42. The minimum atomic E-state index is -0.643. The Labute approximate surface area is 192 Å². The van der Waals surface area contributed by atoms with Crippen LogP contribution in [0.4, 0.5) is 0 Å². The fraction of sp³-hybridized carbons (Fsp3) is 0.280. The van der Waals surface area contributed by atoms with E-state index in [1.165, 1.54) is 10.0 Å². The molecule has 0 saturated heterocycles. The molecule has 0 saturated carbocycles. The first-order valence-electron chi connectivity index (χ1n) is 10.5. The van der Waals surface area contributed by atoms with Gasteiger partial charge >= 0.3 is 193 Å². The SMILES string of the molecule is Cc1ccc([Se]Cc2cn(CC3C4=C(OC3(C)C)c3ccccc3C(=O)C4=O)nn2)cc1. The van der Waals surface area contributed by atoms with Crippen molar-refractivity contribution >= 4 is 36.7 Å². The molecule has 1 aromatic heterocycles. The van der Waals surface area contributed by atoms with Gasteiger partial charge in [0, 0.05) is 0 Å². The fourth-order valence-corrected chi connectivity index (χ4v) is 5.89. The van der Waals surface area contributed by atoms with Gasteiger partial charge in [0.25, 0.3) is 0 Å². The predicted molar refractivity (Wildman–Crippen MR) is 122 cm³/mol. The van der Waals surface area contributed by atoms with E-state index >= 15 is 0 Å². The zero-order chi connectivity index (χ0) is 22.5. The average molecular weight is 492 g/mol. The van der Waals surface area contributed by atoms with Gasteiger partial charge in [0.05, 0.1) is 0 Å². The second-order valence-electron chi connectivity index (χ2n) is 8.74. The molecule has 6 nitrogen and oxygen atoms in total. The second-order valence-corrected chi connectivity index (χ2v) is 10.9. The standard InChI is InChI=1S/C25H23N3O3Se/c1-15-8-10-17(11-9-15)32-14-16-12-28(27-26-16)13-20-21-23(30)22(29)18-6-4-5-7-19(18)24(21)31-25(20,2)3/h4-12,20H,13-14H2,1-3H3. The maximum absolute atomic E-state index is 13.0. The molecule has 2 aliphatic rings. The van der Waals surface area contributed by atoms with E-state index in [1.807, 2.05) is 32.2 Å². The summed E-state index contributed by atoms with van der Waals surface area (Å²) < 4.78 is 9.34. The summed E-state index contributed by atoms with van der Waals surface area (Å²) in [4.78, 5) is 25.8. The van der Waals surface area contributed by atoms with E-state index in [2.05, 4.69) is 41.5 Å². The van der Waals surface area contributed by atoms with Gasteiger partial charge in [-0.15, -0.1) is 0 Å². The van der Waals surface area contributed by atoms with Crippen molar-refractivity contribution in [1.29, 1.82) is 0 Å². The van der Waals surface area contributed by atoms with Crippen LogP contribution in [0.2, 0.25) is 0 Å². The van der Waals surface area contributed by atoms with E-state index in [-0.39, 0.29) is 20.9 Å². The van der Waals surface area contributed by atoms with Gasteiger partial charge in [0.15, 0.2) is 0 Å². The number of ketones is 2. The van der Waals surface area contributed by atoms with Crippen LogP contribution in [0.3, 0.4) is 0 Å². The van der Waals surface area contributed by atoms with Gasteiger partial charge in [0.2, 0.25) is 0 Å². The Kier molecular flexibility index (Phi) is 5.11. The number of Topliss-reactive ketones (excluding diaryl/α,β-unsaturated/α-hetero) is 2. The number of aryl methyl sites for hydroxylation is 1. The molecule has 0 N–H and O–H groups in total. The van der Waals surface area contributed by atoms with Crippen LogP contribution in [0, 0.1) is 12.8 Å². The molecule has 0 spiro atoms. The molecule has 1 unspecified atom stereocenters. The molecule has 32 heavy (non-hydrogen) atoms.